The summed E-state index contributed by atoms with van der Waals surface area (Å²) in [6.07, 6.45) is 1.06. The van der Waals surface area contributed by atoms with Crippen molar-refractivity contribution in [3.63, 3.8) is 0 Å². The second-order valence-electron chi connectivity index (χ2n) is 5.91. The maximum Gasteiger partial charge on any atom is 0.123 e. The minimum Gasteiger partial charge on any atom is -0.494 e. The minimum atomic E-state index is -0.199. The fraction of sp³-hybridized carbons (Fsp3) is 0.368. The summed E-state index contributed by atoms with van der Waals surface area (Å²) in [5.74, 6) is 1.37. The summed E-state index contributed by atoms with van der Waals surface area (Å²) in [4.78, 5) is 0. The first-order valence-electron chi connectivity index (χ1n) is 7.80. The Kier molecular flexibility index (Phi) is 6.41. The number of hydrogen-bond acceptors (Lipinski definition) is 2. The van der Waals surface area contributed by atoms with Crippen LogP contribution in [0.15, 0.2) is 48.5 Å². The smallest absolute Gasteiger partial charge is 0.123 e. The molecule has 0 fully saturated rings. The van der Waals surface area contributed by atoms with E-state index in [1.165, 1.54) is 17.7 Å². The van der Waals surface area contributed by atoms with Crippen LogP contribution in [-0.4, -0.2) is 6.61 Å². The normalized spacial score (nSPS) is 10.9. The van der Waals surface area contributed by atoms with Gasteiger partial charge >= 0.3 is 0 Å². The van der Waals surface area contributed by atoms with Gasteiger partial charge in [-0.05, 0) is 47.7 Å². The molecule has 0 radical (unpaired) electrons. The predicted octanol–water partition coefficient (Wildman–Crippen LogP) is 4.54. The van der Waals surface area contributed by atoms with Gasteiger partial charge in [0.1, 0.15) is 11.6 Å². The molecule has 0 atom stereocenters. The Bertz CT molecular complexity index is 566. The third-order valence-electron chi connectivity index (χ3n) is 3.43. The predicted molar refractivity (Wildman–Crippen MR) is 88.3 cm³/mol. The van der Waals surface area contributed by atoms with Crippen LogP contribution in [0, 0.1) is 11.7 Å². The molecular formula is C19H24FNO. The lowest BCUT2D eigenvalue weighted by atomic mass is 10.1. The molecule has 0 aliphatic carbocycles. The molecule has 0 aliphatic rings. The van der Waals surface area contributed by atoms with E-state index in [2.05, 4.69) is 31.3 Å². The monoisotopic (exact) mass is 301 g/mol. The number of rotatable bonds is 8. The largest absolute Gasteiger partial charge is 0.494 e. The number of halogens is 1. The maximum absolute atomic E-state index is 12.8. The molecule has 0 bridgehead atoms. The van der Waals surface area contributed by atoms with Crippen LogP contribution in [0.3, 0.4) is 0 Å². The highest BCUT2D eigenvalue weighted by molar-refractivity contribution is 5.28. The zero-order chi connectivity index (χ0) is 15.8. The first-order valence-corrected chi connectivity index (χ1v) is 7.80. The van der Waals surface area contributed by atoms with Crippen LogP contribution in [0.2, 0.25) is 0 Å². The zero-order valence-electron chi connectivity index (χ0n) is 13.3. The number of hydrogen-bond donors (Lipinski definition) is 1. The average Bonchev–Trinajstić information content (AvgIpc) is 2.49. The van der Waals surface area contributed by atoms with Gasteiger partial charge in [-0.3, -0.25) is 0 Å². The average molecular weight is 301 g/mol. The highest BCUT2D eigenvalue weighted by atomic mass is 19.1. The fourth-order valence-corrected chi connectivity index (χ4v) is 2.11. The highest BCUT2D eigenvalue weighted by Crippen LogP contribution is 2.14. The molecule has 0 aromatic heterocycles. The lowest BCUT2D eigenvalue weighted by Crippen LogP contribution is -2.12. The van der Waals surface area contributed by atoms with E-state index < -0.39 is 0 Å². The van der Waals surface area contributed by atoms with Gasteiger partial charge in [-0.25, -0.2) is 4.39 Å². The van der Waals surface area contributed by atoms with Crippen molar-refractivity contribution in [2.45, 2.75) is 33.4 Å². The van der Waals surface area contributed by atoms with Crippen molar-refractivity contribution in [3.05, 3.63) is 65.5 Å². The summed E-state index contributed by atoms with van der Waals surface area (Å²) in [7, 11) is 0. The van der Waals surface area contributed by atoms with Crippen molar-refractivity contribution in [2.24, 2.45) is 5.92 Å². The number of nitrogens with one attached hydrogen (secondary N) is 1. The molecule has 22 heavy (non-hydrogen) atoms. The summed E-state index contributed by atoms with van der Waals surface area (Å²) in [6.45, 7) is 6.62. The van der Waals surface area contributed by atoms with Crippen LogP contribution in [0.1, 0.15) is 31.4 Å². The van der Waals surface area contributed by atoms with Crippen LogP contribution < -0.4 is 10.1 Å². The standard InChI is InChI=1S/C19H24FNO/c1-15(2)10-11-22-19-5-3-4-17(12-19)14-21-13-16-6-8-18(20)9-7-16/h3-9,12,15,21H,10-11,13-14H2,1-2H3. The van der Waals surface area contributed by atoms with Crippen LogP contribution >= 0.6 is 0 Å². The van der Waals surface area contributed by atoms with Gasteiger partial charge in [-0.15, -0.1) is 0 Å². The van der Waals surface area contributed by atoms with Crippen molar-refractivity contribution in [2.75, 3.05) is 6.61 Å². The highest BCUT2D eigenvalue weighted by Gasteiger charge is 2.00. The van der Waals surface area contributed by atoms with Crippen molar-refractivity contribution in [1.82, 2.24) is 5.32 Å². The first-order chi connectivity index (χ1) is 10.6. The first kappa shape index (κ1) is 16.5. The van der Waals surface area contributed by atoms with Gasteiger partial charge in [0.15, 0.2) is 0 Å². The van der Waals surface area contributed by atoms with E-state index >= 15 is 0 Å². The van der Waals surface area contributed by atoms with Crippen molar-refractivity contribution < 1.29 is 9.13 Å². The fourth-order valence-electron chi connectivity index (χ4n) is 2.11. The SMILES string of the molecule is CC(C)CCOc1cccc(CNCc2ccc(F)cc2)c1. The van der Waals surface area contributed by atoms with Gasteiger partial charge in [0, 0.05) is 13.1 Å². The summed E-state index contributed by atoms with van der Waals surface area (Å²) in [5.41, 5.74) is 2.26. The van der Waals surface area contributed by atoms with Crippen LogP contribution in [0.25, 0.3) is 0 Å². The second kappa shape index (κ2) is 8.54. The van der Waals surface area contributed by atoms with Gasteiger partial charge in [0.2, 0.25) is 0 Å². The third kappa shape index (κ3) is 5.86. The molecule has 0 amide bonds. The van der Waals surface area contributed by atoms with Crippen molar-refractivity contribution >= 4 is 0 Å². The summed E-state index contributed by atoms with van der Waals surface area (Å²) < 4.78 is 18.6. The van der Waals surface area contributed by atoms with E-state index in [1.807, 2.05) is 12.1 Å². The molecule has 0 heterocycles. The van der Waals surface area contributed by atoms with Gasteiger partial charge in [0.05, 0.1) is 6.61 Å². The quantitative estimate of drug-likeness (QED) is 0.773. The number of benzene rings is 2. The summed E-state index contributed by atoms with van der Waals surface area (Å²) >= 11 is 0. The molecule has 3 heteroatoms. The molecule has 0 saturated heterocycles. The van der Waals surface area contributed by atoms with Crippen LogP contribution in [0.5, 0.6) is 5.75 Å². The molecule has 2 aromatic carbocycles. The molecular weight excluding hydrogens is 277 g/mol. The maximum atomic E-state index is 12.8. The Balaban J connectivity index is 1.78. The van der Waals surface area contributed by atoms with E-state index in [4.69, 9.17) is 4.74 Å². The summed E-state index contributed by atoms with van der Waals surface area (Å²) in [5, 5.41) is 3.36. The molecule has 0 aliphatic heterocycles. The molecule has 118 valence electrons. The lowest BCUT2D eigenvalue weighted by Gasteiger charge is -2.10. The van der Waals surface area contributed by atoms with Crippen molar-refractivity contribution in [3.8, 4) is 5.75 Å². The van der Waals surface area contributed by atoms with E-state index in [1.54, 1.807) is 12.1 Å². The van der Waals surface area contributed by atoms with Gasteiger partial charge in [0.25, 0.3) is 0 Å². The molecule has 1 N–H and O–H groups in total. The van der Waals surface area contributed by atoms with Gasteiger partial charge < -0.3 is 10.1 Å². The molecule has 0 saturated carbocycles. The van der Waals surface area contributed by atoms with Crippen molar-refractivity contribution in [1.29, 1.82) is 0 Å². The van der Waals surface area contributed by atoms with E-state index in [0.29, 0.717) is 5.92 Å². The van der Waals surface area contributed by atoms with Gasteiger partial charge in [-0.1, -0.05) is 38.1 Å². The number of ether oxygens (including phenoxy) is 1. The van der Waals surface area contributed by atoms with Crippen LogP contribution in [-0.2, 0) is 13.1 Å². The van der Waals surface area contributed by atoms with E-state index in [0.717, 1.165) is 37.4 Å². The minimum absolute atomic E-state index is 0.199. The van der Waals surface area contributed by atoms with E-state index in [-0.39, 0.29) is 5.82 Å². The Labute approximate surface area is 132 Å². The van der Waals surface area contributed by atoms with Crippen LogP contribution in [0.4, 0.5) is 4.39 Å². The molecule has 0 spiro atoms. The third-order valence-corrected chi connectivity index (χ3v) is 3.43. The molecule has 2 aromatic rings. The Hall–Kier alpha value is -1.87. The van der Waals surface area contributed by atoms with Gasteiger partial charge in [-0.2, -0.15) is 0 Å². The Morgan fingerprint density at radius 2 is 1.73 bits per heavy atom. The molecule has 2 rings (SSSR count). The Morgan fingerprint density at radius 3 is 2.45 bits per heavy atom. The second-order valence-corrected chi connectivity index (χ2v) is 5.91. The molecule has 2 nitrogen and oxygen atoms in total. The molecule has 0 unspecified atom stereocenters. The summed E-state index contributed by atoms with van der Waals surface area (Å²) in [6, 6.07) is 14.7. The Morgan fingerprint density at radius 1 is 1.00 bits per heavy atom. The van der Waals surface area contributed by atoms with E-state index in [9.17, 15) is 4.39 Å². The zero-order valence-corrected chi connectivity index (χ0v) is 13.3. The topological polar surface area (TPSA) is 21.3 Å². The lowest BCUT2D eigenvalue weighted by molar-refractivity contribution is 0.289.